The van der Waals surface area contributed by atoms with Crippen LogP contribution in [0.5, 0.6) is 5.75 Å². The van der Waals surface area contributed by atoms with Gasteiger partial charge in [-0.2, -0.15) is 0 Å². The van der Waals surface area contributed by atoms with Crippen molar-refractivity contribution in [1.82, 2.24) is 14.8 Å². The van der Waals surface area contributed by atoms with Gasteiger partial charge in [-0.1, -0.05) is 32.6 Å². The number of benzene rings is 1. The second kappa shape index (κ2) is 12.7. The van der Waals surface area contributed by atoms with Crippen LogP contribution in [-0.4, -0.2) is 77.2 Å². The topological polar surface area (TPSA) is 95.4 Å². The number of unbranched alkanes of at least 4 members (excludes halogenated alkanes) is 4. The number of methoxy groups -OCH3 is 1. The van der Waals surface area contributed by atoms with Crippen LogP contribution in [-0.2, 0) is 4.74 Å². The average molecular weight is 460 g/mol. The molecule has 8 heteroatoms. The van der Waals surface area contributed by atoms with Crippen molar-refractivity contribution in [3.8, 4) is 5.75 Å². The van der Waals surface area contributed by atoms with Crippen molar-refractivity contribution in [3.05, 3.63) is 36.0 Å². The van der Waals surface area contributed by atoms with E-state index in [4.69, 9.17) is 9.47 Å². The molecule has 0 aliphatic carbocycles. The Balaban J connectivity index is 1.64. The molecule has 0 spiro atoms. The van der Waals surface area contributed by atoms with Crippen molar-refractivity contribution in [1.29, 1.82) is 0 Å². The fourth-order valence-electron chi connectivity index (χ4n) is 4.51. The van der Waals surface area contributed by atoms with Gasteiger partial charge >= 0.3 is 6.16 Å². The van der Waals surface area contributed by atoms with Gasteiger partial charge in [0, 0.05) is 50.7 Å². The van der Waals surface area contributed by atoms with Crippen LogP contribution < -0.4 is 4.74 Å². The Morgan fingerprint density at radius 3 is 2.76 bits per heavy atom. The first kappa shape index (κ1) is 25.2. The molecule has 2 heterocycles. The van der Waals surface area contributed by atoms with Crippen molar-refractivity contribution in [2.75, 3.05) is 39.8 Å². The third-order valence-corrected chi connectivity index (χ3v) is 6.36. The molecule has 2 aromatic rings. The summed E-state index contributed by atoms with van der Waals surface area (Å²) in [5.41, 5.74) is 1.63. The minimum atomic E-state index is -1.23. The SMILES string of the molecule is CCCCCCCN1CCN(CC(O)c2ccnc3ccc(OC)cc23)CCC1OC(=O)O. The molecule has 33 heavy (non-hydrogen) atoms. The predicted octanol–water partition coefficient (Wildman–Crippen LogP) is 4.28. The van der Waals surface area contributed by atoms with E-state index in [2.05, 4.69) is 21.7 Å². The second-order valence-corrected chi connectivity index (χ2v) is 8.68. The van der Waals surface area contributed by atoms with Gasteiger partial charge in [0.1, 0.15) is 5.75 Å². The molecular weight excluding hydrogens is 422 g/mol. The van der Waals surface area contributed by atoms with Gasteiger partial charge < -0.3 is 19.7 Å². The molecule has 1 fully saturated rings. The summed E-state index contributed by atoms with van der Waals surface area (Å²) in [6, 6.07) is 7.51. The molecule has 0 amide bonds. The van der Waals surface area contributed by atoms with Crippen molar-refractivity contribution in [3.63, 3.8) is 0 Å². The fraction of sp³-hybridized carbons (Fsp3) is 0.600. The van der Waals surface area contributed by atoms with Crippen molar-refractivity contribution in [2.24, 2.45) is 0 Å². The zero-order chi connectivity index (χ0) is 23.6. The minimum Gasteiger partial charge on any atom is -0.497 e. The molecular formula is C25H37N3O5. The molecule has 0 bridgehead atoms. The van der Waals surface area contributed by atoms with Crippen LogP contribution >= 0.6 is 0 Å². The number of ether oxygens (including phenoxy) is 2. The highest BCUT2D eigenvalue weighted by Gasteiger charge is 2.28. The number of rotatable bonds is 11. The Morgan fingerprint density at radius 1 is 1.18 bits per heavy atom. The number of fused-ring (bicyclic) bond motifs is 1. The molecule has 2 atom stereocenters. The molecule has 1 aliphatic rings. The van der Waals surface area contributed by atoms with E-state index in [-0.39, 0.29) is 0 Å². The Bertz CT molecular complexity index is 893. The van der Waals surface area contributed by atoms with Gasteiger partial charge in [-0.05, 0) is 36.2 Å². The third-order valence-electron chi connectivity index (χ3n) is 6.36. The van der Waals surface area contributed by atoms with Gasteiger partial charge in [0.2, 0.25) is 0 Å². The molecule has 1 saturated heterocycles. The Labute approximate surface area is 196 Å². The van der Waals surface area contributed by atoms with Crippen LogP contribution in [0, 0.1) is 0 Å². The van der Waals surface area contributed by atoms with Crippen LogP contribution in [0.15, 0.2) is 30.5 Å². The molecule has 0 radical (unpaired) electrons. The molecule has 1 aliphatic heterocycles. The maximum absolute atomic E-state index is 11.2. The summed E-state index contributed by atoms with van der Waals surface area (Å²) >= 11 is 0. The lowest BCUT2D eigenvalue weighted by molar-refractivity contribution is -0.0337. The van der Waals surface area contributed by atoms with Crippen LogP contribution in [0.4, 0.5) is 4.79 Å². The normalized spacial score (nSPS) is 18.7. The van der Waals surface area contributed by atoms with Crippen molar-refractivity contribution >= 4 is 17.1 Å². The van der Waals surface area contributed by atoms with Gasteiger partial charge in [-0.3, -0.25) is 14.8 Å². The van der Waals surface area contributed by atoms with Gasteiger partial charge in [-0.25, -0.2) is 4.79 Å². The fourth-order valence-corrected chi connectivity index (χ4v) is 4.51. The number of nitrogens with zero attached hydrogens (tertiary/aromatic N) is 3. The predicted molar refractivity (Wildman–Crippen MR) is 128 cm³/mol. The van der Waals surface area contributed by atoms with Gasteiger partial charge in [0.05, 0.1) is 18.7 Å². The van der Waals surface area contributed by atoms with E-state index in [1.54, 1.807) is 13.3 Å². The Morgan fingerprint density at radius 2 is 2.00 bits per heavy atom. The summed E-state index contributed by atoms with van der Waals surface area (Å²) in [5, 5.41) is 21.2. The highest BCUT2D eigenvalue weighted by Crippen LogP contribution is 2.27. The first-order valence-corrected chi connectivity index (χ1v) is 12.0. The summed E-state index contributed by atoms with van der Waals surface area (Å²) in [7, 11) is 1.62. The van der Waals surface area contributed by atoms with Crippen LogP contribution in [0.1, 0.15) is 57.1 Å². The molecule has 3 rings (SSSR count). The number of aromatic nitrogens is 1. The largest absolute Gasteiger partial charge is 0.507 e. The van der Waals surface area contributed by atoms with Gasteiger partial charge in [0.25, 0.3) is 0 Å². The maximum atomic E-state index is 11.2. The zero-order valence-corrected chi connectivity index (χ0v) is 19.8. The summed E-state index contributed by atoms with van der Waals surface area (Å²) in [6.45, 7) is 5.60. The monoisotopic (exact) mass is 459 g/mol. The highest BCUT2D eigenvalue weighted by atomic mass is 16.7. The lowest BCUT2D eigenvalue weighted by atomic mass is 10.0. The van der Waals surface area contributed by atoms with E-state index >= 15 is 0 Å². The number of aliphatic hydroxyl groups is 1. The second-order valence-electron chi connectivity index (χ2n) is 8.68. The minimum absolute atomic E-state index is 0.443. The van der Waals surface area contributed by atoms with E-state index in [1.807, 2.05) is 24.3 Å². The lowest BCUT2D eigenvalue weighted by Crippen LogP contribution is -2.40. The lowest BCUT2D eigenvalue weighted by Gasteiger charge is -2.28. The third kappa shape index (κ3) is 7.28. The molecule has 182 valence electrons. The summed E-state index contributed by atoms with van der Waals surface area (Å²) < 4.78 is 10.6. The standard InChI is InChI=1S/C25H37N3O5/c1-3-4-5-6-7-13-28-16-15-27(14-11-24(28)33-25(30)31)18-23(29)20-10-12-26-22-9-8-19(32-2)17-21(20)22/h8-10,12,17,23-24,29H,3-7,11,13-16,18H2,1-2H3,(H,30,31). The van der Waals surface area contributed by atoms with Crippen molar-refractivity contribution < 1.29 is 24.5 Å². The summed E-state index contributed by atoms with van der Waals surface area (Å²) in [6.07, 6.45) is 5.74. The summed E-state index contributed by atoms with van der Waals surface area (Å²) in [4.78, 5) is 20.0. The number of pyridine rings is 1. The van der Waals surface area contributed by atoms with Gasteiger partial charge in [0.15, 0.2) is 6.23 Å². The first-order valence-electron chi connectivity index (χ1n) is 12.0. The molecule has 8 nitrogen and oxygen atoms in total. The number of β-amino-alcohol motifs (C(OH)–C–C–N with tert-alkyl or cyclic N) is 1. The highest BCUT2D eigenvalue weighted by molar-refractivity contribution is 5.83. The average Bonchev–Trinajstić information content (AvgIpc) is 2.99. The smallest absolute Gasteiger partial charge is 0.497 e. The van der Waals surface area contributed by atoms with Crippen LogP contribution in [0.2, 0.25) is 0 Å². The van der Waals surface area contributed by atoms with Crippen molar-refractivity contribution in [2.45, 2.75) is 57.8 Å². The number of aliphatic hydroxyl groups excluding tert-OH is 1. The van der Waals surface area contributed by atoms with E-state index in [0.29, 0.717) is 26.1 Å². The van der Waals surface area contributed by atoms with E-state index < -0.39 is 18.5 Å². The molecule has 1 aromatic heterocycles. The summed E-state index contributed by atoms with van der Waals surface area (Å²) in [5.74, 6) is 0.724. The molecule has 2 N–H and O–H groups in total. The Kier molecular flexibility index (Phi) is 9.72. The van der Waals surface area contributed by atoms with E-state index in [1.165, 1.54) is 19.3 Å². The quantitative estimate of drug-likeness (QED) is 0.380. The first-order chi connectivity index (χ1) is 16.0. The number of hydrogen-bond acceptors (Lipinski definition) is 7. The zero-order valence-electron chi connectivity index (χ0n) is 19.8. The Hall–Kier alpha value is -2.42. The number of carboxylic acid groups (broad SMARTS) is 1. The number of carbonyl (C=O) groups is 1. The van der Waals surface area contributed by atoms with Gasteiger partial charge in [-0.15, -0.1) is 0 Å². The van der Waals surface area contributed by atoms with E-state index in [0.717, 1.165) is 48.1 Å². The van der Waals surface area contributed by atoms with Crippen LogP contribution in [0.3, 0.4) is 0 Å². The molecule has 2 unspecified atom stereocenters. The van der Waals surface area contributed by atoms with E-state index in [9.17, 15) is 15.0 Å². The van der Waals surface area contributed by atoms with Crippen LogP contribution in [0.25, 0.3) is 10.9 Å². The molecule has 1 aromatic carbocycles. The number of hydrogen-bond donors (Lipinski definition) is 2. The maximum Gasteiger partial charge on any atom is 0.507 e. The molecule has 0 saturated carbocycles.